The number of hydrogen-bond acceptors (Lipinski definition) is 7. The number of nitrogens with one attached hydrogen (secondary N) is 1. The first kappa shape index (κ1) is 36.5. The van der Waals surface area contributed by atoms with Crippen molar-refractivity contribution in [2.45, 2.75) is 100 Å². The number of rotatable bonds is 16. The van der Waals surface area contributed by atoms with E-state index in [4.69, 9.17) is 9.47 Å². The summed E-state index contributed by atoms with van der Waals surface area (Å²) in [5.41, 5.74) is 0.376. The molecule has 3 saturated heterocycles. The lowest BCUT2D eigenvalue weighted by molar-refractivity contribution is -0.161. The van der Waals surface area contributed by atoms with Crippen molar-refractivity contribution in [3.05, 3.63) is 97.1 Å². The largest absolute Gasteiger partial charge is 0.455 e. The minimum atomic E-state index is -1.25. The van der Waals surface area contributed by atoms with Crippen LogP contribution in [-0.2, 0) is 35.1 Å². The molecule has 10 heteroatoms. The smallest absolute Gasteiger partial charge is 0.313 e. The highest BCUT2D eigenvalue weighted by Gasteiger charge is 2.75. The number of benzene rings is 2. The van der Waals surface area contributed by atoms with Crippen molar-refractivity contribution in [1.29, 1.82) is 0 Å². The summed E-state index contributed by atoms with van der Waals surface area (Å²) < 4.78 is 12.9. The lowest BCUT2D eigenvalue weighted by Gasteiger charge is -2.42. The molecule has 51 heavy (non-hydrogen) atoms. The molecule has 1 saturated carbocycles. The summed E-state index contributed by atoms with van der Waals surface area (Å²) in [6.45, 7) is 7.65. The first-order chi connectivity index (χ1) is 24.8. The molecule has 1 aliphatic carbocycles. The average Bonchev–Trinajstić information content (AvgIpc) is 3.81. The number of nitrogens with zero attached hydrogens (tertiary/aromatic N) is 2. The van der Waals surface area contributed by atoms with Crippen LogP contribution in [0.25, 0.3) is 0 Å². The molecule has 2 aromatic carbocycles. The molecular weight excluding hydrogens is 646 g/mol. The standard InChI is InChI=1S/C41H51N3O7/c1-3-5-21-34(46)42-26-33(29-17-11-7-12-18-29)50-40(49)35-32-22-23-41(51-32)36(35)38(47)44(31(27-45)25-28-15-9-6-10-16-28)37(41)39(48)43(24-4-2)30-19-13-8-14-20-30/h3-4,6-7,9-12,15-18,30-33,35-37,45H,1-2,5,8,13-14,19-27H2,(H,42,46)/t31-,32-,33+,35+,36+,37-,41+/m1/s1. The molecular formula is C41H51N3O7. The number of aliphatic hydroxyl groups excluding tert-OH is 1. The minimum absolute atomic E-state index is 0.00559. The van der Waals surface area contributed by atoms with Gasteiger partial charge in [-0.1, -0.05) is 92.1 Å². The number of ether oxygens (including phenoxy) is 2. The van der Waals surface area contributed by atoms with Crippen LogP contribution >= 0.6 is 0 Å². The van der Waals surface area contributed by atoms with Crippen LogP contribution in [0.2, 0.25) is 0 Å². The molecule has 2 aromatic rings. The predicted molar refractivity (Wildman–Crippen MR) is 192 cm³/mol. The number of amides is 3. The highest BCUT2D eigenvalue weighted by atomic mass is 16.6. The Morgan fingerprint density at radius 2 is 1.73 bits per heavy atom. The van der Waals surface area contributed by atoms with Gasteiger partial charge >= 0.3 is 5.97 Å². The Morgan fingerprint density at radius 3 is 2.39 bits per heavy atom. The molecule has 3 heterocycles. The summed E-state index contributed by atoms with van der Waals surface area (Å²) in [5.74, 6) is -3.29. The van der Waals surface area contributed by atoms with Crippen molar-refractivity contribution in [2.24, 2.45) is 11.8 Å². The first-order valence-electron chi connectivity index (χ1n) is 18.5. The summed E-state index contributed by atoms with van der Waals surface area (Å²) in [6, 6.07) is 17.1. The van der Waals surface area contributed by atoms with Crippen LogP contribution in [0.5, 0.6) is 0 Å². The average molecular weight is 698 g/mol. The van der Waals surface area contributed by atoms with Crippen LogP contribution in [0.4, 0.5) is 0 Å². The maximum absolute atomic E-state index is 15.0. The summed E-state index contributed by atoms with van der Waals surface area (Å²) >= 11 is 0. The van der Waals surface area contributed by atoms with Crippen LogP contribution in [0, 0.1) is 11.8 Å². The third kappa shape index (κ3) is 7.39. The van der Waals surface area contributed by atoms with Gasteiger partial charge in [0.05, 0.1) is 37.1 Å². The zero-order valence-electron chi connectivity index (χ0n) is 29.4. The molecule has 6 rings (SSSR count). The molecule has 272 valence electrons. The van der Waals surface area contributed by atoms with Crippen molar-refractivity contribution in [3.8, 4) is 0 Å². The van der Waals surface area contributed by atoms with Crippen molar-refractivity contribution in [2.75, 3.05) is 19.7 Å². The number of hydrogen-bond donors (Lipinski definition) is 2. The molecule has 10 nitrogen and oxygen atoms in total. The molecule has 0 radical (unpaired) electrons. The van der Waals surface area contributed by atoms with Crippen molar-refractivity contribution in [3.63, 3.8) is 0 Å². The van der Waals surface area contributed by atoms with E-state index in [9.17, 15) is 19.5 Å². The van der Waals surface area contributed by atoms with E-state index >= 15 is 4.79 Å². The molecule has 2 N–H and O–H groups in total. The lowest BCUT2D eigenvalue weighted by Crippen LogP contribution is -2.60. The minimum Gasteiger partial charge on any atom is -0.455 e. The van der Waals surface area contributed by atoms with Gasteiger partial charge in [0.1, 0.15) is 17.7 Å². The topological polar surface area (TPSA) is 125 Å². The van der Waals surface area contributed by atoms with Gasteiger partial charge in [-0.25, -0.2) is 0 Å². The molecule has 0 unspecified atom stereocenters. The summed E-state index contributed by atoms with van der Waals surface area (Å²) in [7, 11) is 0. The fourth-order valence-corrected chi connectivity index (χ4v) is 8.92. The van der Waals surface area contributed by atoms with Gasteiger partial charge in [-0.15, -0.1) is 13.2 Å². The Kier molecular flexibility index (Phi) is 11.7. The molecule has 4 aliphatic rings. The van der Waals surface area contributed by atoms with Gasteiger partial charge in [-0.2, -0.15) is 0 Å². The van der Waals surface area contributed by atoms with Gasteiger partial charge in [0.2, 0.25) is 17.7 Å². The Morgan fingerprint density at radius 1 is 1.02 bits per heavy atom. The fourth-order valence-electron chi connectivity index (χ4n) is 8.92. The molecule has 2 bridgehead atoms. The Balaban J connectivity index is 1.33. The van der Waals surface area contributed by atoms with Gasteiger partial charge in [0.15, 0.2) is 0 Å². The first-order valence-corrected chi connectivity index (χ1v) is 18.5. The Hall–Kier alpha value is -4.28. The maximum Gasteiger partial charge on any atom is 0.313 e. The second-order valence-corrected chi connectivity index (χ2v) is 14.4. The molecule has 4 fully saturated rings. The summed E-state index contributed by atoms with van der Waals surface area (Å²) in [4.78, 5) is 60.2. The molecule has 3 aliphatic heterocycles. The van der Waals surface area contributed by atoms with E-state index in [2.05, 4.69) is 18.5 Å². The van der Waals surface area contributed by atoms with E-state index in [-0.39, 0.29) is 43.3 Å². The van der Waals surface area contributed by atoms with Crippen LogP contribution in [0.1, 0.15) is 75.0 Å². The lowest BCUT2D eigenvalue weighted by atomic mass is 9.70. The number of carbonyl (C=O) groups is 4. The number of esters is 1. The van der Waals surface area contributed by atoms with Crippen molar-refractivity contribution in [1.82, 2.24) is 15.1 Å². The van der Waals surface area contributed by atoms with E-state index in [0.717, 1.165) is 37.7 Å². The second kappa shape index (κ2) is 16.4. The number of carbonyl (C=O) groups excluding carboxylic acids is 4. The van der Waals surface area contributed by atoms with Crippen LogP contribution in [0.3, 0.4) is 0 Å². The Labute approximate surface area is 300 Å². The number of likely N-dealkylation sites (tertiary alicyclic amines) is 1. The van der Waals surface area contributed by atoms with Gasteiger partial charge in [-0.3, -0.25) is 19.2 Å². The van der Waals surface area contributed by atoms with Gasteiger partial charge in [0, 0.05) is 19.0 Å². The summed E-state index contributed by atoms with van der Waals surface area (Å²) in [6.07, 6.45) is 8.93. The highest BCUT2D eigenvalue weighted by Crippen LogP contribution is 2.59. The molecule has 1 spiro atoms. The third-order valence-corrected chi connectivity index (χ3v) is 11.3. The van der Waals surface area contributed by atoms with Gasteiger partial charge in [0.25, 0.3) is 0 Å². The third-order valence-electron chi connectivity index (χ3n) is 11.3. The highest BCUT2D eigenvalue weighted by molar-refractivity contribution is 5.98. The van der Waals surface area contributed by atoms with Crippen molar-refractivity contribution >= 4 is 23.7 Å². The monoisotopic (exact) mass is 697 g/mol. The SMILES string of the molecule is C=CCCC(=O)NC[C@H](OC(=O)[C@@H]1[C@H]2C(=O)N([C@@H](CO)Cc3ccccc3)[C@H](C(=O)N(CC=C)C3CCCCC3)[C@]23CC[C@H]1O3)c1ccccc1. The molecule has 3 amide bonds. The summed E-state index contributed by atoms with van der Waals surface area (Å²) in [5, 5.41) is 13.7. The van der Waals surface area contributed by atoms with Crippen molar-refractivity contribution < 1.29 is 33.8 Å². The zero-order valence-corrected chi connectivity index (χ0v) is 29.4. The van der Waals surface area contributed by atoms with E-state index in [1.165, 1.54) is 0 Å². The zero-order chi connectivity index (χ0) is 36.0. The number of fused-ring (bicyclic) bond motifs is 1. The van der Waals surface area contributed by atoms with Crippen LogP contribution < -0.4 is 5.32 Å². The number of allylic oxidation sites excluding steroid dienone is 1. The fraction of sp³-hybridized carbons (Fsp3) is 0.512. The van der Waals surface area contributed by atoms with Crippen LogP contribution in [-0.4, -0.2) is 88.1 Å². The molecule has 0 aromatic heterocycles. The van der Waals surface area contributed by atoms with E-state index in [1.807, 2.05) is 65.6 Å². The predicted octanol–water partition coefficient (Wildman–Crippen LogP) is 4.68. The van der Waals surface area contributed by atoms with E-state index < -0.39 is 47.7 Å². The second-order valence-electron chi connectivity index (χ2n) is 14.4. The normalized spacial score (nSPS) is 26.6. The Bertz CT molecular complexity index is 1560. The van der Waals surface area contributed by atoms with Crippen LogP contribution in [0.15, 0.2) is 86.0 Å². The maximum atomic E-state index is 15.0. The van der Waals surface area contributed by atoms with E-state index in [0.29, 0.717) is 37.8 Å². The quantitative estimate of drug-likeness (QED) is 0.193. The van der Waals surface area contributed by atoms with Gasteiger partial charge in [-0.05, 0) is 49.7 Å². The van der Waals surface area contributed by atoms with Gasteiger partial charge < -0.3 is 29.7 Å². The van der Waals surface area contributed by atoms with E-state index in [1.54, 1.807) is 17.1 Å². The molecule has 7 atom stereocenters. The number of aliphatic hydroxyl groups is 1.